The topological polar surface area (TPSA) is 87.3 Å². The second kappa shape index (κ2) is 6.84. The highest BCUT2D eigenvalue weighted by Gasteiger charge is 2.23. The van der Waals surface area contributed by atoms with Crippen LogP contribution in [0.3, 0.4) is 0 Å². The maximum absolute atomic E-state index is 12.3. The van der Waals surface area contributed by atoms with Crippen LogP contribution in [0.15, 0.2) is 30.9 Å². The van der Waals surface area contributed by atoms with Gasteiger partial charge in [-0.1, -0.05) is 18.7 Å². The molecule has 24 heavy (non-hydrogen) atoms. The first-order valence-electron chi connectivity index (χ1n) is 7.85. The number of para-hydroxylation sites is 1. The van der Waals surface area contributed by atoms with Crippen LogP contribution in [0.25, 0.3) is 11.0 Å². The van der Waals surface area contributed by atoms with Crippen LogP contribution >= 0.6 is 0 Å². The number of fused-ring (bicyclic) bond motifs is 1. The van der Waals surface area contributed by atoms with Crippen LogP contribution in [0.5, 0.6) is 0 Å². The maximum Gasteiger partial charge on any atom is 0.287 e. The quantitative estimate of drug-likeness (QED) is 0.820. The number of H-pyrrole nitrogens is 1. The Kier molecular flexibility index (Phi) is 4.61. The van der Waals surface area contributed by atoms with Gasteiger partial charge in [0.15, 0.2) is 5.82 Å². The molecule has 7 heteroatoms. The summed E-state index contributed by atoms with van der Waals surface area (Å²) in [5.41, 5.74) is 2.63. The number of rotatable bonds is 4. The molecule has 2 aromatic rings. The van der Waals surface area contributed by atoms with E-state index in [1.807, 2.05) is 25.1 Å². The molecule has 1 aromatic carbocycles. The number of carbonyl (C=O) groups is 2. The van der Waals surface area contributed by atoms with Crippen LogP contribution in [0, 0.1) is 6.92 Å². The number of imidazole rings is 1. The molecule has 2 heterocycles. The number of morpholine rings is 1. The maximum atomic E-state index is 12.3. The van der Waals surface area contributed by atoms with E-state index in [0.717, 1.165) is 16.6 Å². The van der Waals surface area contributed by atoms with Crippen LogP contribution in [-0.2, 0) is 9.53 Å². The molecule has 7 nitrogen and oxygen atoms in total. The molecule has 3 rings (SSSR count). The van der Waals surface area contributed by atoms with Gasteiger partial charge in [0.2, 0.25) is 5.91 Å². The average Bonchev–Trinajstić information content (AvgIpc) is 3.05. The molecule has 1 aromatic heterocycles. The second-order valence-corrected chi connectivity index (χ2v) is 5.75. The first-order valence-corrected chi connectivity index (χ1v) is 7.85. The lowest BCUT2D eigenvalue weighted by atomic mass is 10.2. The van der Waals surface area contributed by atoms with Crippen molar-refractivity contribution < 1.29 is 14.3 Å². The molecule has 2 amide bonds. The van der Waals surface area contributed by atoms with Gasteiger partial charge < -0.3 is 19.9 Å². The molecule has 1 atom stereocenters. The summed E-state index contributed by atoms with van der Waals surface area (Å²) in [5.74, 6) is -0.141. The number of hydrogen-bond acceptors (Lipinski definition) is 4. The van der Waals surface area contributed by atoms with Gasteiger partial charge in [-0.3, -0.25) is 9.59 Å². The van der Waals surface area contributed by atoms with E-state index in [0.29, 0.717) is 26.2 Å². The van der Waals surface area contributed by atoms with Gasteiger partial charge in [-0.05, 0) is 24.6 Å². The minimum absolute atomic E-state index is 0.123. The fourth-order valence-electron chi connectivity index (χ4n) is 2.75. The van der Waals surface area contributed by atoms with E-state index in [1.165, 1.54) is 6.08 Å². The second-order valence-electron chi connectivity index (χ2n) is 5.75. The number of aromatic nitrogens is 2. The molecule has 0 radical (unpaired) electrons. The predicted molar refractivity (Wildman–Crippen MR) is 89.7 cm³/mol. The van der Waals surface area contributed by atoms with Crippen LogP contribution in [0.4, 0.5) is 0 Å². The normalized spacial score (nSPS) is 17.7. The number of hydrogen-bond donors (Lipinski definition) is 2. The molecule has 1 unspecified atom stereocenters. The zero-order valence-corrected chi connectivity index (χ0v) is 13.5. The summed E-state index contributed by atoms with van der Waals surface area (Å²) in [6, 6.07) is 5.75. The molecule has 126 valence electrons. The van der Waals surface area contributed by atoms with Gasteiger partial charge in [-0.15, -0.1) is 0 Å². The minimum Gasteiger partial charge on any atom is -0.373 e. The summed E-state index contributed by atoms with van der Waals surface area (Å²) in [6.07, 6.45) is 1.05. The van der Waals surface area contributed by atoms with Crippen LogP contribution in [-0.4, -0.2) is 59.0 Å². The molecule has 0 aliphatic carbocycles. The Morgan fingerprint density at radius 2 is 2.38 bits per heavy atom. The summed E-state index contributed by atoms with van der Waals surface area (Å²) in [5, 5.41) is 2.81. The van der Waals surface area contributed by atoms with Crippen molar-refractivity contribution in [2.75, 3.05) is 26.2 Å². The summed E-state index contributed by atoms with van der Waals surface area (Å²) in [6.45, 7) is 7.18. The Morgan fingerprint density at radius 3 is 3.12 bits per heavy atom. The SMILES string of the molecule is C=CC(=O)N1CCOC(CNC(=O)c2nc3c(C)cccc3[nH]2)C1. The number of aromatic amines is 1. The number of amides is 2. The fourth-order valence-corrected chi connectivity index (χ4v) is 2.75. The molecule has 0 saturated carbocycles. The van der Waals surface area contributed by atoms with E-state index in [9.17, 15) is 9.59 Å². The number of benzene rings is 1. The van der Waals surface area contributed by atoms with E-state index in [1.54, 1.807) is 4.90 Å². The largest absolute Gasteiger partial charge is 0.373 e. The summed E-state index contributed by atoms with van der Waals surface area (Å²) in [7, 11) is 0. The Morgan fingerprint density at radius 1 is 1.54 bits per heavy atom. The molecular formula is C17H20N4O3. The van der Waals surface area contributed by atoms with Crippen molar-refractivity contribution in [1.29, 1.82) is 0 Å². The van der Waals surface area contributed by atoms with Crippen molar-refractivity contribution in [3.63, 3.8) is 0 Å². The van der Waals surface area contributed by atoms with Gasteiger partial charge >= 0.3 is 0 Å². The molecule has 1 aliphatic heterocycles. The highest BCUT2D eigenvalue weighted by Crippen LogP contribution is 2.15. The summed E-state index contributed by atoms with van der Waals surface area (Å²) in [4.78, 5) is 33.0. The third-order valence-corrected chi connectivity index (χ3v) is 4.04. The zero-order chi connectivity index (χ0) is 17.1. The van der Waals surface area contributed by atoms with E-state index in [-0.39, 0.29) is 23.7 Å². The number of carbonyl (C=O) groups excluding carboxylic acids is 2. The minimum atomic E-state index is -0.290. The highest BCUT2D eigenvalue weighted by molar-refractivity contribution is 5.94. The Bertz CT molecular complexity index is 783. The smallest absolute Gasteiger partial charge is 0.287 e. The standard InChI is InChI=1S/C17H20N4O3/c1-3-14(22)21-7-8-24-12(10-21)9-18-17(23)16-19-13-6-4-5-11(2)15(13)20-16/h3-6,12H,1,7-10H2,2H3,(H,18,23)(H,19,20). The van der Waals surface area contributed by atoms with Crippen molar-refractivity contribution in [1.82, 2.24) is 20.2 Å². The van der Waals surface area contributed by atoms with Crippen LogP contribution < -0.4 is 5.32 Å². The number of nitrogens with one attached hydrogen (secondary N) is 2. The summed E-state index contributed by atoms with van der Waals surface area (Å²) >= 11 is 0. The first kappa shape index (κ1) is 16.2. The molecule has 1 fully saturated rings. The van der Waals surface area contributed by atoms with E-state index >= 15 is 0 Å². The van der Waals surface area contributed by atoms with E-state index in [4.69, 9.17) is 4.74 Å². The van der Waals surface area contributed by atoms with Gasteiger partial charge in [0.25, 0.3) is 5.91 Å². The van der Waals surface area contributed by atoms with E-state index in [2.05, 4.69) is 21.9 Å². The first-order chi connectivity index (χ1) is 11.6. The number of aryl methyl sites for hydroxylation is 1. The zero-order valence-electron chi connectivity index (χ0n) is 13.5. The number of nitrogens with zero attached hydrogens (tertiary/aromatic N) is 2. The lowest BCUT2D eigenvalue weighted by molar-refractivity contribution is -0.133. The Labute approximate surface area is 139 Å². The predicted octanol–water partition coefficient (Wildman–Crippen LogP) is 1.01. The average molecular weight is 328 g/mol. The molecule has 0 spiro atoms. The highest BCUT2D eigenvalue weighted by atomic mass is 16.5. The van der Waals surface area contributed by atoms with Crippen molar-refractivity contribution in [2.45, 2.75) is 13.0 Å². The fraction of sp³-hybridized carbons (Fsp3) is 0.353. The van der Waals surface area contributed by atoms with Crippen LogP contribution in [0.1, 0.15) is 16.2 Å². The van der Waals surface area contributed by atoms with Gasteiger partial charge in [0.1, 0.15) is 0 Å². The van der Waals surface area contributed by atoms with Crippen molar-refractivity contribution in [3.05, 3.63) is 42.2 Å². The monoisotopic (exact) mass is 328 g/mol. The van der Waals surface area contributed by atoms with Crippen molar-refractivity contribution in [3.8, 4) is 0 Å². The van der Waals surface area contributed by atoms with E-state index < -0.39 is 0 Å². The van der Waals surface area contributed by atoms with Crippen molar-refractivity contribution >= 4 is 22.8 Å². The third-order valence-electron chi connectivity index (χ3n) is 4.04. The molecular weight excluding hydrogens is 308 g/mol. The Balaban J connectivity index is 1.61. The van der Waals surface area contributed by atoms with Gasteiger partial charge in [0, 0.05) is 19.6 Å². The van der Waals surface area contributed by atoms with Gasteiger partial charge in [0.05, 0.1) is 23.7 Å². The van der Waals surface area contributed by atoms with Crippen LogP contribution in [0.2, 0.25) is 0 Å². The summed E-state index contributed by atoms with van der Waals surface area (Å²) < 4.78 is 5.59. The molecule has 0 bridgehead atoms. The molecule has 1 aliphatic rings. The Hall–Kier alpha value is -2.67. The number of ether oxygens (including phenoxy) is 1. The lowest BCUT2D eigenvalue weighted by Crippen LogP contribution is -2.49. The van der Waals surface area contributed by atoms with Gasteiger partial charge in [-0.2, -0.15) is 0 Å². The molecule has 1 saturated heterocycles. The third kappa shape index (κ3) is 3.30. The van der Waals surface area contributed by atoms with Crippen molar-refractivity contribution in [2.24, 2.45) is 0 Å². The molecule has 2 N–H and O–H groups in total. The van der Waals surface area contributed by atoms with Gasteiger partial charge in [-0.25, -0.2) is 4.98 Å². The lowest BCUT2D eigenvalue weighted by Gasteiger charge is -2.32.